The van der Waals surface area contributed by atoms with Crippen molar-refractivity contribution in [3.8, 4) is 0 Å². The molecule has 0 heterocycles. The normalized spacial score (nSPS) is 10.3. The number of benzene rings is 2. The van der Waals surface area contributed by atoms with Gasteiger partial charge in [-0.2, -0.15) is 0 Å². The van der Waals surface area contributed by atoms with E-state index in [9.17, 15) is 0 Å². The van der Waals surface area contributed by atoms with Crippen LogP contribution in [0.2, 0.25) is 5.02 Å². The SMILES string of the molecule is NNc1cc(Cl)ccc1Cc1ccc(Br)cc1. The van der Waals surface area contributed by atoms with Crippen LogP contribution in [0, 0.1) is 0 Å². The summed E-state index contributed by atoms with van der Waals surface area (Å²) in [5.41, 5.74) is 5.89. The van der Waals surface area contributed by atoms with Crippen LogP contribution in [-0.4, -0.2) is 0 Å². The Morgan fingerprint density at radius 1 is 1.12 bits per heavy atom. The van der Waals surface area contributed by atoms with Crippen molar-refractivity contribution in [1.82, 2.24) is 0 Å². The topological polar surface area (TPSA) is 38.0 Å². The molecule has 0 aromatic heterocycles. The van der Waals surface area contributed by atoms with Crippen molar-refractivity contribution in [3.63, 3.8) is 0 Å². The fourth-order valence-electron chi connectivity index (χ4n) is 1.66. The highest BCUT2D eigenvalue weighted by Crippen LogP contribution is 2.23. The van der Waals surface area contributed by atoms with Crippen LogP contribution in [0.1, 0.15) is 11.1 Å². The maximum absolute atomic E-state index is 5.92. The van der Waals surface area contributed by atoms with E-state index in [1.165, 1.54) is 5.56 Å². The first kappa shape index (κ1) is 12.4. The molecule has 0 saturated carbocycles. The van der Waals surface area contributed by atoms with Crippen LogP contribution in [0.25, 0.3) is 0 Å². The summed E-state index contributed by atoms with van der Waals surface area (Å²) in [4.78, 5) is 0. The molecule has 0 saturated heterocycles. The number of hydrogen-bond donors (Lipinski definition) is 2. The van der Waals surface area contributed by atoms with Gasteiger partial charge in [-0.15, -0.1) is 0 Å². The Morgan fingerprint density at radius 3 is 2.47 bits per heavy atom. The first-order chi connectivity index (χ1) is 8.19. The largest absolute Gasteiger partial charge is 0.324 e. The molecular formula is C13H12BrClN2. The Morgan fingerprint density at radius 2 is 1.82 bits per heavy atom. The van der Waals surface area contributed by atoms with E-state index in [4.69, 9.17) is 17.4 Å². The van der Waals surface area contributed by atoms with Gasteiger partial charge in [-0.25, -0.2) is 0 Å². The maximum Gasteiger partial charge on any atom is 0.0535 e. The number of halogens is 2. The molecule has 0 radical (unpaired) electrons. The second kappa shape index (κ2) is 5.54. The van der Waals surface area contributed by atoms with Crippen LogP contribution in [0.15, 0.2) is 46.9 Å². The third kappa shape index (κ3) is 3.22. The third-order valence-corrected chi connectivity index (χ3v) is 3.30. The minimum absolute atomic E-state index is 0.678. The summed E-state index contributed by atoms with van der Waals surface area (Å²) in [6.07, 6.45) is 0.823. The van der Waals surface area contributed by atoms with E-state index in [0.29, 0.717) is 5.02 Å². The summed E-state index contributed by atoms with van der Waals surface area (Å²) >= 11 is 9.34. The van der Waals surface area contributed by atoms with Gasteiger partial charge < -0.3 is 5.43 Å². The average Bonchev–Trinajstić information content (AvgIpc) is 2.34. The molecule has 0 bridgehead atoms. The van der Waals surface area contributed by atoms with Gasteiger partial charge in [0.1, 0.15) is 0 Å². The van der Waals surface area contributed by atoms with E-state index in [1.807, 2.05) is 30.3 Å². The lowest BCUT2D eigenvalue weighted by atomic mass is 10.0. The smallest absolute Gasteiger partial charge is 0.0535 e. The number of nitrogens with two attached hydrogens (primary N) is 1. The predicted molar refractivity (Wildman–Crippen MR) is 76.2 cm³/mol. The number of hydrogen-bond acceptors (Lipinski definition) is 2. The molecule has 0 atom stereocenters. The molecule has 3 N–H and O–H groups in total. The zero-order valence-electron chi connectivity index (χ0n) is 9.08. The highest BCUT2D eigenvalue weighted by molar-refractivity contribution is 9.10. The zero-order chi connectivity index (χ0) is 12.3. The van der Waals surface area contributed by atoms with E-state index >= 15 is 0 Å². The first-order valence-corrected chi connectivity index (χ1v) is 6.35. The second-order valence-corrected chi connectivity index (χ2v) is 5.10. The molecule has 0 fully saturated rings. The number of rotatable bonds is 3. The van der Waals surface area contributed by atoms with Gasteiger partial charge in [0, 0.05) is 9.50 Å². The van der Waals surface area contributed by atoms with Gasteiger partial charge in [0.05, 0.1) is 5.69 Å². The van der Waals surface area contributed by atoms with Crippen LogP contribution in [0.3, 0.4) is 0 Å². The molecule has 2 nitrogen and oxygen atoms in total. The molecule has 2 rings (SSSR count). The quantitative estimate of drug-likeness (QED) is 0.664. The van der Waals surface area contributed by atoms with E-state index in [0.717, 1.165) is 22.1 Å². The Labute approximate surface area is 114 Å². The lowest BCUT2D eigenvalue weighted by Gasteiger charge is -2.09. The highest BCUT2D eigenvalue weighted by Gasteiger charge is 2.03. The van der Waals surface area contributed by atoms with Gasteiger partial charge in [-0.1, -0.05) is 45.7 Å². The zero-order valence-corrected chi connectivity index (χ0v) is 11.4. The monoisotopic (exact) mass is 310 g/mol. The van der Waals surface area contributed by atoms with Crippen molar-refractivity contribution in [2.75, 3.05) is 5.43 Å². The summed E-state index contributed by atoms with van der Waals surface area (Å²) in [7, 11) is 0. The van der Waals surface area contributed by atoms with Crippen LogP contribution in [0.5, 0.6) is 0 Å². The van der Waals surface area contributed by atoms with Crippen molar-refractivity contribution in [2.45, 2.75) is 6.42 Å². The van der Waals surface area contributed by atoms with Gasteiger partial charge in [-0.05, 0) is 41.8 Å². The molecule has 0 spiro atoms. The lowest BCUT2D eigenvalue weighted by Crippen LogP contribution is -2.09. The van der Waals surface area contributed by atoms with E-state index in [-0.39, 0.29) is 0 Å². The van der Waals surface area contributed by atoms with Crippen molar-refractivity contribution >= 4 is 33.2 Å². The molecule has 0 aliphatic rings. The highest BCUT2D eigenvalue weighted by atomic mass is 79.9. The van der Waals surface area contributed by atoms with Crippen molar-refractivity contribution < 1.29 is 0 Å². The van der Waals surface area contributed by atoms with E-state index in [1.54, 1.807) is 0 Å². The van der Waals surface area contributed by atoms with Crippen molar-refractivity contribution in [2.24, 2.45) is 5.84 Å². The van der Waals surface area contributed by atoms with E-state index in [2.05, 4.69) is 33.5 Å². The summed E-state index contributed by atoms with van der Waals surface area (Å²) < 4.78 is 1.08. The summed E-state index contributed by atoms with van der Waals surface area (Å²) in [5, 5.41) is 0.678. The number of hydrazine groups is 1. The number of anilines is 1. The minimum Gasteiger partial charge on any atom is -0.324 e. The van der Waals surface area contributed by atoms with Crippen LogP contribution >= 0.6 is 27.5 Å². The van der Waals surface area contributed by atoms with Crippen LogP contribution in [0.4, 0.5) is 5.69 Å². The maximum atomic E-state index is 5.92. The fourth-order valence-corrected chi connectivity index (χ4v) is 2.10. The molecule has 2 aromatic rings. The molecule has 0 unspecified atom stereocenters. The number of nitrogens with one attached hydrogen (secondary N) is 1. The third-order valence-electron chi connectivity index (χ3n) is 2.54. The Balaban J connectivity index is 2.26. The van der Waals surface area contributed by atoms with Crippen molar-refractivity contribution in [3.05, 3.63) is 63.1 Å². The molecule has 17 heavy (non-hydrogen) atoms. The van der Waals surface area contributed by atoms with Gasteiger partial charge in [0.2, 0.25) is 0 Å². The van der Waals surface area contributed by atoms with Crippen LogP contribution < -0.4 is 11.3 Å². The minimum atomic E-state index is 0.678. The van der Waals surface area contributed by atoms with Crippen LogP contribution in [-0.2, 0) is 6.42 Å². The lowest BCUT2D eigenvalue weighted by molar-refractivity contribution is 1.17. The van der Waals surface area contributed by atoms with Gasteiger partial charge in [-0.3, -0.25) is 5.84 Å². The molecule has 0 aliphatic carbocycles. The predicted octanol–water partition coefficient (Wildman–Crippen LogP) is 3.98. The molecule has 0 aliphatic heterocycles. The average molecular weight is 312 g/mol. The fraction of sp³-hybridized carbons (Fsp3) is 0.0769. The van der Waals surface area contributed by atoms with Gasteiger partial charge >= 0.3 is 0 Å². The summed E-state index contributed by atoms with van der Waals surface area (Å²) in [6, 6.07) is 13.9. The van der Waals surface area contributed by atoms with E-state index < -0.39 is 0 Å². The molecular weight excluding hydrogens is 300 g/mol. The molecule has 2 aromatic carbocycles. The molecule has 0 amide bonds. The molecule has 4 heteroatoms. The Hall–Kier alpha value is -1.03. The first-order valence-electron chi connectivity index (χ1n) is 5.18. The molecule has 88 valence electrons. The Kier molecular flexibility index (Phi) is 4.05. The Bertz CT molecular complexity index is 511. The van der Waals surface area contributed by atoms with Gasteiger partial charge in [0.25, 0.3) is 0 Å². The summed E-state index contributed by atoms with van der Waals surface area (Å²) in [6.45, 7) is 0. The van der Waals surface area contributed by atoms with Gasteiger partial charge in [0.15, 0.2) is 0 Å². The summed E-state index contributed by atoms with van der Waals surface area (Å²) in [5.74, 6) is 5.48. The second-order valence-electron chi connectivity index (χ2n) is 3.75. The number of nitrogen functional groups attached to an aromatic ring is 1. The standard InChI is InChI=1S/C13H12BrClN2/c14-11-4-1-9(2-5-11)7-10-3-6-12(15)8-13(10)17-16/h1-6,8,17H,7,16H2. The van der Waals surface area contributed by atoms with Crippen molar-refractivity contribution in [1.29, 1.82) is 0 Å².